The van der Waals surface area contributed by atoms with Crippen molar-refractivity contribution < 1.29 is 5.11 Å². The molecule has 0 aromatic rings. The Hall–Kier alpha value is -0.153. The molecule has 0 aromatic heterocycles. The van der Waals surface area contributed by atoms with E-state index in [1.807, 2.05) is 6.92 Å². The molecule has 0 fully saturated rings. The first-order valence-corrected chi connectivity index (χ1v) is 7.58. The van der Waals surface area contributed by atoms with Gasteiger partial charge in [0.1, 0.15) is 0 Å². The second kappa shape index (κ2) is 4.02. The van der Waals surface area contributed by atoms with Gasteiger partial charge >= 0.3 is 0 Å². The fourth-order valence-corrected chi connectivity index (χ4v) is 3.05. The Bertz CT molecular complexity index is 149. The van der Waals surface area contributed by atoms with E-state index in [2.05, 4.69) is 24.6 Å². The monoisotopic (exact) mass is 173 g/mol. The van der Waals surface area contributed by atoms with E-state index in [9.17, 15) is 5.11 Å². The molecule has 0 radical (unpaired) electrons. The van der Waals surface area contributed by atoms with E-state index in [-0.39, 0.29) is 6.10 Å². The molecule has 3 heteroatoms. The van der Waals surface area contributed by atoms with Gasteiger partial charge in [-0.15, -0.1) is 0 Å². The number of hydrogen-bond acceptors (Lipinski definition) is 2. The van der Waals surface area contributed by atoms with Crippen LogP contribution in [0.2, 0.25) is 19.6 Å². The highest BCUT2D eigenvalue weighted by Gasteiger charge is 2.25. The molecule has 0 heterocycles. The van der Waals surface area contributed by atoms with Crippen molar-refractivity contribution in [3.63, 3.8) is 0 Å². The van der Waals surface area contributed by atoms with Gasteiger partial charge in [-0.05, 0) is 6.42 Å². The zero-order valence-electron chi connectivity index (χ0n) is 8.18. The Morgan fingerprint density at radius 1 is 1.45 bits per heavy atom. The van der Waals surface area contributed by atoms with Crippen LogP contribution < -0.4 is 0 Å². The number of hydrogen-bond donors (Lipinski definition) is 1. The van der Waals surface area contributed by atoms with E-state index in [4.69, 9.17) is 0 Å². The normalized spacial score (nSPS) is 16.7. The van der Waals surface area contributed by atoms with Gasteiger partial charge in [0.2, 0.25) is 0 Å². The maximum atomic E-state index is 9.56. The van der Waals surface area contributed by atoms with Gasteiger partial charge in [0.05, 0.1) is 14.2 Å². The van der Waals surface area contributed by atoms with Crippen LogP contribution in [0.1, 0.15) is 13.3 Å². The molecule has 0 aliphatic heterocycles. The predicted octanol–water partition coefficient (Wildman–Crippen LogP) is 1.71. The molecule has 0 aromatic carbocycles. The summed E-state index contributed by atoms with van der Waals surface area (Å²) in [5.41, 5.74) is 0. The topological polar surface area (TPSA) is 32.6 Å². The van der Waals surface area contributed by atoms with Crippen LogP contribution in [-0.2, 0) is 0 Å². The van der Waals surface area contributed by atoms with Crippen molar-refractivity contribution in [3.8, 4) is 0 Å². The van der Waals surface area contributed by atoms with Crippen LogP contribution in [0, 0.1) is 0 Å². The van der Waals surface area contributed by atoms with E-state index in [1.165, 1.54) is 0 Å². The highest BCUT2D eigenvalue weighted by atomic mass is 28.3. The summed E-state index contributed by atoms with van der Waals surface area (Å²) in [4.78, 5) is 4.16. The molecule has 0 saturated heterocycles. The van der Waals surface area contributed by atoms with Gasteiger partial charge in [0, 0.05) is 12.4 Å². The average Bonchev–Trinajstić information content (AvgIpc) is 1.86. The minimum atomic E-state index is -1.37. The molecule has 11 heavy (non-hydrogen) atoms. The molecule has 0 saturated carbocycles. The van der Waals surface area contributed by atoms with Crippen molar-refractivity contribution in [1.29, 1.82) is 0 Å². The number of aliphatic hydroxyl groups is 1. The minimum absolute atomic E-state index is 0.313. The SMILES string of the molecule is CCC(O)C(=NC)[Si](C)(C)C. The zero-order valence-corrected chi connectivity index (χ0v) is 9.18. The van der Waals surface area contributed by atoms with Gasteiger partial charge in [0.15, 0.2) is 0 Å². The molecular weight excluding hydrogens is 154 g/mol. The first-order chi connectivity index (χ1) is 4.93. The molecule has 0 spiro atoms. The van der Waals surface area contributed by atoms with Crippen LogP contribution in [0.5, 0.6) is 0 Å². The van der Waals surface area contributed by atoms with Crippen LogP contribution in [-0.4, -0.2) is 31.7 Å². The maximum absolute atomic E-state index is 9.56. The van der Waals surface area contributed by atoms with Gasteiger partial charge in [0.25, 0.3) is 0 Å². The summed E-state index contributed by atoms with van der Waals surface area (Å²) in [6.45, 7) is 8.59. The summed E-state index contributed by atoms with van der Waals surface area (Å²) in [5, 5.41) is 10.6. The molecule has 0 aliphatic rings. The summed E-state index contributed by atoms with van der Waals surface area (Å²) in [6, 6.07) is 0. The lowest BCUT2D eigenvalue weighted by Gasteiger charge is -2.22. The zero-order chi connectivity index (χ0) is 9.07. The van der Waals surface area contributed by atoms with Crippen molar-refractivity contribution >= 4 is 13.4 Å². The van der Waals surface area contributed by atoms with Gasteiger partial charge in [-0.3, -0.25) is 4.99 Å². The van der Waals surface area contributed by atoms with Crippen molar-refractivity contribution in [2.24, 2.45) is 4.99 Å². The molecule has 0 bridgehead atoms. The lowest BCUT2D eigenvalue weighted by molar-refractivity contribution is 0.239. The van der Waals surface area contributed by atoms with E-state index < -0.39 is 8.07 Å². The summed E-state index contributed by atoms with van der Waals surface area (Å²) in [5.74, 6) is 0. The van der Waals surface area contributed by atoms with E-state index >= 15 is 0 Å². The summed E-state index contributed by atoms with van der Waals surface area (Å²) < 4.78 is 0. The maximum Gasteiger partial charge on any atom is 0.0987 e. The fourth-order valence-electron chi connectivity index (χ4n) is 1.18. The first kappa shape index (κ1) is 10.8. The van der Waals surface area contributed by atoms with E-state index in [0.29, 0.717) is 0 Å². The molecule has 1 unspecified atom stereocenters. The highest BCUT2D eigenvalue weighted by Crippen LogP contribution is 2.09. The second-order valence-corrected chi connectivity index (χ2v) is 8.80. The molecule has 2 nitrogen and oxygen atoms in total. The van der Waals surface area contributed by atoms with Crippen LogP contribution in [0.25, 0.3) is 0 Å². The molecular formula is C8H19NOSi. The third-order valence-corrected chi connectivity index (χ3v) is 3.81. The van der Waals surface area contributed by atoms with Crippen molar-refractivity contribution in [1.82, 2.24) is 0 Å². The predicted molar refractivity (Wildman–Crippen MR) is 53.0 cm³/mol. The summed E-state index contributed by atoms with van der Waals surface area (Å²) in [6.07, 6.45) is 0.461. The summed E-state index contributed by atoms with van der Waals surface area (Å²) in [7, 11) is 0.400. The third kappa shape index (κ3) is 3.16. The number of aliphatic imine (C=N–C) groups is 1. The van der Waals surface area contributed by atoms with Crippen molar-refractivity contribution in [3.05, 3.63) is 0 Å². The number of nitrogens with zero attached hydrogens (tertiary/aromatic N) is 1. The second-order valence-electron chi connectivity index (χ2n) is 3.78. The van der Waals surface area contributed by atoms with E-state index in [1.54, 1.807) is 7.05 Å². The van der Waals surface area contributed by atoms with Gasteiger partial charge in [-0.2, -0.15) is 0 Å². The minimum Gasteiger partial charge on any atom is -0.388 e. The Morgan fingerprint density at radius 2 is 1.91 bits per heavy atom. The van der Waals surface area contributed by atoms with Crippen LogP contribution in [0.15, 0.2) is 4.99 Å². The van der Waals surface area contributed by atoms with Crippen molar-refractivity contribution in [2.75, 3.05) is 7.05 Å². The van der Waals surface area contributed by atoms with Crippen LogP contribution >= 0.6 is 0 Å². The standard InChI is InChI=1S/C8H19NOSi/c1-6-7(10)8(9-2)11(3,4)5/h7,10H,6H2,1-5H3. The lowest BCUT2D eigenvalue weighted by Crippen LogP contribution is -2.41. The Labute approximate surface area is 70.4 Å². The van der Waals surface area contributed by atoms with Gasteiger partial charge in [-0.1, -0.05) is 26.6 Å². The molecule has 0 aliphatic carbocycles. The van der Waals surface area contributed by atoms with Crippen LogP contribution in [0.4, 0.5) is 0 Å². The Morgan fingerprint density at radius 3 is 2.00 bits per heavy atom. The molecule has 0 rings (SSSR count). The first-order valence-electron chi connectivity index (χ1n) is 4.08. The molecule has 0 amide bonds. The Balaban J connectivity index is 4.44. The van der Waals surface area contributed by atoms with Gasteiger partial charge < -0.3 is 5.11 Å². The molecule has 66 valence electrons. The number of aliphatic hydroxyl groups excluding tert-OH is 1. The Kier molecular flexibility index (Phi) is 3.96. The van der Waals surface area contributed by atoms with Crippen molar-refractivity contribution in [2.45, 2.75) is 39.1 Å². The number of rotatable bonds is 3. The molecule has 1 N–H and O–H groups in total. The highest BCUT2D eigenvalue weighted by molar-refractivity contribution is 7.04. The van der Waals surface area contributed by atoms with Gasteiger partial charge in [-0.25, -0.2) is 0 Å². The van der Waals surface area contributed by atoms with Crippen LogP contribution in [0.3, 0.4) is 0 Å². The third-order valence-electron chi connectivity index (χ3n) is 1.71. The quantitative estimate of drug-likeness (QED) is 0.511. The summed E-state index contributed by atoms with van der Waals surface area (Å²) >= 11 is 0. The lowest BCUT2D eigenvalue weighted by atomic mass is 10.3. The largest absolute Gasteiger partial charge is 0.388 e. The average molecular weight is 173 g/mol. The molecule has 1 atom stereocenters. The smallest absolute Gasteiger partial charge is 0.0987 e. The fraction of sp³-hybridized carbons (Fsp3) is 0.875. The van der Waals surface area contributed by atoms with E-state index in [0.717, 1.165) is 11.8 Å².